The van der Waals surface area contributed by atoms with Crippen molar-refractivity contribution < 1.29 is 32.5 Å². The number of hydrogen-bond donors (Lipinski definition) is 2. The Morgan fingerprint density at radius 2 is 1.95 bits per heavy atom. The van der Waals surface area contributed by atoms with E-state index in [9.17, 15) is 18.3 Å². The predicted octanol–water partition coefficient (Wildman–Crippen LogP) is 0.938. The first kappa shape index (κ1) is 16.0. The Morgan fingerprint density at radius 1 is 1.25 bits per heavy atom. The molecule has 1 saturated carbocycles. The highest BCUT2D eigenvalue weighted by molar-refractivity contribution is 4.83. The van der Waals surface area contributed by atoms with Gasteiger partial charge in [-0.15, -0.1) is 13.2 Å². The van der Waals surface area contributed by atoms with Crippen molar-refractivity contribution in [1.82, 2.24) is 0 Å². The lowest BCUT2D eigenvalue weighted by Gasteiger charge is -2.36. The average molecular weight is 299 g/mol. The van der Waals surface area contributed by atoms with Crippen LogP contribution in [0.25, 0.3) is 0 Å². The van der Waals surface area contributed by atoms with Crippen molar-refractivity contribution in [3.05, 3.63) is 0 Å². The van der Waals surface area contributed by atoms with Crippen LogP contribution in [0.5, 0.6) is 0 Å². The van der Waals surface area contributed by atoms with E-state index in [1.165, 1.54) is 0 Å². The molecule has 0 bridgehead atoms. The summed E-state index contributed by atoms with van der Waals surface area (Å²) in [4.78, 5) is 0. The van der Waals surface area contributed by atoms with Crippen molar-refractivity contribution in [3.8, 4) is 0 Å². The van der Waals surface area contributed by atoms with E-state index in [2.05, 4.69) is 4.74 Å². The minimum Gasteiger partial charge on any atom is -0.388 e. The van der Waals surface area contributed by atoms with Crippen LogP contribution in [0.2, 0.25) is 0 Å². The summed E-state index contributed by atoms with van der Waals surface area (Å²) in [6.45, 7) is 0.468. The molecule has 1 aliphatic heterocycles. The first-order chi connectivity index (χ1) is 9.33. The second-order valence-corrected chi connectivity index (χ2v) is 5.39. The Morgan fingerprint density at radius 3 is 2.50 bits per heavy atom. The average Bonchev–Trinajstić information content (AvgIpc) is 2.31. The summed E-state index contributed by atoms with van der Waals surface area (Å²) in [6.07, 6.45) is -4.95. The topological polar surface area (TPSA) is 73.9 Å². The highest BCUT2D eigenvalue weighted by atomic mass is 19.4. The fraction of sp³-hybridized carbons (Fsp3) is 1.00. The number of ether oxygens (including phenoxy) is 3. The van der Waals surface area contributed by atoms with Crippen LogP contribution in [0.15, 0.2) is 0 Å². The summed E-state index contributed by atoms with van der Waals surface area (Å²) in [5, 5.41) is 9.88. The second kappa shape index (κ2) is 6.57. The third-order valence-corrected chi connectivity index (χ3v) is 3.63. The summed E-state index contributed by atoms with van der Waals surface area (Å²) in [6, 6.07) is 0.00581. The van der Waals surface area contributed by atoms with Crippen molar-refractivity contribution in [2.45, 2.75) is 62.5 Å². The van der Waals surface area contributed by atoms with Crippen LogP contribution >= 0.6 is 0 Å². The fourth-order valence-corrected chi connectivity index (χ4v) is 2.38. The van der Waals surface area contributed by atoms with Gasteiger partial charge in [-0.3, -0.25) is 4.74 Å². The first-order valence-electron chi connectivity index (χ1n) is 6.75. The zero-order chi connectivity index (χ0) is 14.8. The van der Waals surface area contributed by atoms with Gasteiger partial charge in [0.1, 0.15) is 6.10 Å². The molecule has 0 radical (unpaired) electrons. The van der Waals surface area contributed by atoms with Gasteiger partial charge in [0.15, 0.2) is 0 Å². The number of alkyl halides is 3. The van der Waals surface area contributed by atoms with Gasteiger partial charge in [-0.1, -0.05) is 0 Å². The summed E-state index contributed by atoms with van der Waals surface area (Å²) in [7, 11) is 0. The molecule has 1 aliphatic carbocycles. The summed E-state index contributed by atoms with van der Waals surface area (Å²) in [5.74, 6) is 0. The highest BCUT2D eigenvalue weighted by Gasteiger charge is 2.41. The molecule has 1 saturated heterocycles. The molecule has 2 rings (SSSR count). The largest absolute Gasteiger partial charge is 0.522 e. The predicted molar refractivity (Wildman–Crippen MR) is 62.9 cm³/mol. The lowest BCUT2D eigenvalue weighted by Crippen LogP contribution is -2.45. The van der Waals surface area contributed by atoms with E-state index in [-0.39, 0.29) is 37.7 Å². The Labute approximate surface area is 115 Å². The minimum absolute atomic E-state index is 0.00581. The number of hydrogen-bond acceptors (Lipinski definition) is 5. The van der Waals surface area contributed by atoms with Crippen LogP contribution in [0.1, 0.15) is 25.7 Å². The molecule has 0 spiro atoms. The van der Waals surface area contributed by atoms with Crippen LogP contribution < -0.4 is 5.73 Å². The van der Waals surface area contributed by atoms with Crippen molar-refractivity contribution in [2.24, 2.45) is 5.73 Å². The maximum absolute atomic E-state index is 11.9. The normalized spacial score (nSPS) is 36.5. The molecular weight excluding hydrogens is 279 g/mol. The van der Waals surface area contributed by atoms with Gasteiger partial charge in [0.05, 0.1) is 31.5 Å². The van der Waals surface area contributed by atoms with E-state index in [1.807, 2.05) is 0 Å². The summed E-state index contributed by atoms with van der Waals surface area (Å²) in [5.41, 5.74) is 5.67. The molecule has 1 heterocycles. The molecule has 0 aromatic rings. The van der Waals surface area contributed by atoms with E-state index in [4.69, 9.17) is 15.2 Å². The van der Waals surface area contributed by atoms with Crippen molar-refractivity contribution in [3.63, 3.8) is 0 Å². The van der Waals surface area contributed by atoms with Gasteiger partial charge in [0, 0.05) is 18.9 Å². The van der Waals surface area contributed by atoms with Crippen LogP contribution in [0.3, 0.4) is 0 Å². The molecule has 0 unspecified atom stereocenters. The Balaban J connectivity index is 1.58. The third-order valence-electron chi connectivity index (χ3n) is 3.63. The van der Waals surface area contributed by atoms with Gasteiger partial charge in [-0.2, -0.15) is 0 Å². The maximum atomic E-state index is 11.9. The molecule has 3 atom stereocenters. The molecule has 2 aliphatic rings. The van der Waals surface area contributed by atoms with Gasteiger partial charge in [0.25, 0.3) is 0 Å². The number of nitrogens with two attached hydrogens (primary N) is 1. The maximum Gasteiger partial charge on any atom is 0.522 e. The van der Waals surface area contributed by atoms with Gasteiger partial charge in [-0.25, -0.2) is 0 Å². The molecule has 0 amide bonds. The smallest absolute Gasteiger partial charge is 0.388 e. The van der Waals surface area contributed by atoms with Gasteiger partial charge in [-0.05, 0) is 12.8 Å². The molecule has 0 aromatic heterocycles. The first-order valence-corrected chi connectivity index (χ1v) is 6.75. The van der Waals surface area contributed by atoms with Crippen molar-refractivity contribution in [2.75, 3.05) is 13.2 Å². The molecular formula is C12H20F3NO4. The Bertz CT molecular complexity index is 302. The van der Waals surface area contributed by atoms with E-state index in [1.54, 1.807) is 0 Å². The van der Waals surface area contributed by atoms with Crippen molar-refractivity contribution in [1.29, 1.82) is 0 Å². The number of aliphatic hydroxyl groups is 1. The van der Waals surface area contributed by atoms with E-state index in [0.717, 1.165) is 6.42 Å². The number of rotatable bonds is 5. The SMILES string of the molecule is N[C@@H]1CC[C@@H]([C@H](O)COC2CC(OC(F)(F)F)C2)OC1. The van der Waals surface area contributed by atoms with Crippen LogP contribution in [-0.4, -0.2) is 55.1 Å². The quantitative estimate of drug-likeness (QED) is 0.790. The standard InChI is InChI=1S/C12H20F3NO4/c13-12(14,15)20-9-3-8(4-9)18-6-10(17)11-2-1-7(16)5-19-11/h7-11,17H,1-6,16H2/t7-,8?,9?,10-,11+/m1/s1. The third kappa shape index (κ3) is 4.85. The Hall–Kier alpha value is -0.410. The zero-order valence-electron chi connectivity index (χ0n) is 11.0. The number of aliphatic hydroxyl groups excluding tert-OH is 1. The van der Waals surface area contributed by atoms with Gasteiger partial charge in [0.2, 0.25) is 0 Å². The van der Waals surface area contributed by atoms with Crippen LogP contribution in [0.4, 0.5) is 13.2 Å². The zero-order valence-corrected chi connectivity index (χ0v) is 11.0. The van der Waals surface area contributed by atoms with Crippen molar-refractivity contribution >= 4 is 0 Å². The number of halogens is 3. The van der Waals surface area contributed by atoms with E-state index < -0.39 is 18.6 Å². The highest BCUT2D eigenvalue weighted by Crippen LogP contribution is 2.32. The molecule has 20 heavy (non-hydrogen) atoms. The van der Waals surface area contributed by atoms with Gasteiger partial charge >= 0.3 is 6.36 Å². The van der Waals surface area contributed by atoms with E-state index in [0.29, 0.717) is 13.0 Å². The second-order valence-electron chi connectivity index (χ2n) is 5.39. The monoisotopic (exact) mass is 299 g/mol. The molecule has 5 nitrogen and oxygen atoms in total. The fourth-order valence-electron chi connectivity index (χ4n) is 2.38. The molecule has 0 aromatic carbocycles. The van der Waals surface area contributed by atoms with Crippen LogP contribution in [0, 0.1) is 0 Å². The van der Waals surface area contributed by atoms with Gasteiger partial charge < -0.3 is 20.3 Å². The molecule has 3 N–H and O–H groups in total. The molecule has 2 fully saturated rings. The summed E-state index contributed by atoms with van der Waals surface area (Å²) >= 11 is 0. The minimum atomic E-state index is -4.59. The summed E-state index contributed by atoms with van der Waals surface area (Å²) < 4.78 is 50.3. The Kier molecular flexibility index (Phi) is 5.25. The molecule has 8 heteroatoms. The van der Waals surface area contributed by atoms with E-state index >= 15 is 0 Å². The lowest BCUT2D eigenvalue weighted by molar-refractivity contribution is -0.357. The van der Waals surface area contributed by atoms with Crippen LogP contribution in [-0.2, 0) is 14.2 Å². The molecule has 118 valence electrons. The lowest BCUT2D eigenvalue weighted by atomic mass is 9.92.